The van der Waals surface area contributed by atoms with E-state index in [0.717, 1.165) is 37.8 Å². The van der Waals surface area contributed by atoms with Crippen molar-refractivity contribution in [2.45, 2.75) is 59.8 Å². The van der Waals surface area contributed by atoms with Crippen LogP contribution in [0.2, 0.25) is 0 Å². The highest BCUT2D eigenvalue weighted by molar-refractivity contribution is 5.96. The van der Waals surface area contributed by atoms with Crippen LogP contribution in [0.4, 0.5) is 0 Å². The van der Waals surface area contributed by atoms with Gasteiger partial charge in [-0.25, -0.2) is 0 Å². The Labute approximate surface area is 154 Å². The van der Waals surface area contributed by atoms with Crippen molar-refractivity contribution in [3.8, 4) is 0 Å². The molecule has 1 aliphatic carbocycles. The number of ether oxygens (including phenoxy) is 1. The lowest BCUT2D eigenvalue weighted by Crippen LogP contribution is -2.33. The van der Waals surface area contributed by atoms with Crippen molar-refractivity contribution in [2.75, 3.05) is 33.8 Å². The van der Waals surface area contributed by atoms with Crippen LogP contribution < -0.4 is 5.32 Å². The third-order valence-electron chi connectivity index (χ3n) is 4.12. The lowest BCUT2D eigenvalue weighted by Gasteiger charge is -2.27. The lowest BCUT2D eigenvalue weighted by atomic mass is 9.80. The van der Waals surface area contributed by atoms with Crippen molar-refractivity contribution < 1.29 is 14.3 Å². The molecule has 0 amide bonds. The summed E-state index contributed by atoms with van der Waals surface area (Å²) < 4.78 is 5.19. The fraction of sp³-hybridized carbons (Fsp3) is 0.800. The van der Waals surface area contributed by atoms with E-state index in [0.29, 0.717) is 19.6 Å². The number of hydrogen-bond donors (Lipinski definition) is 1. The van der Waals surface area contributed by atoms with Gasteiger partial charge >= 0.3 is 5.97 Å². The Bertz CT molecular complexity index is 419. The molecule has 1 saturated carbocycles. The number of nitrogens with zero attached hydrogens (tertiary/aromatic N) is 1. The van der Waals surface area contributed by atoms with Gasteiger partial charge in [0.05, 0.1) is 12.5 Å². The van der Waals surface area contributed by atoms with Crippen molar-refractivity contribution in [3.05, 3.63) is 11.8 Å². The summed E-state index contributed by atoms with van der Waals surface area (Å²) in [5.74, 6) is 0.204. The van der Waals surface area contributed by atoms with Crippen LogP contribution in [0, 0.1) is 11.8 Å². The van der Waals surface area contributed by atoms with Gasteiger partial charge < -0.3 is 15.0 Å². The molecule has 0 bridgehead atoms. The summed E-state index contributed by atoms with van der Waals surface area (Å²) in [6.07, 6.45) is 6.01. The molecule has 0 heterocycles. The highest BCUT2D eigenvalue weighted by Crippen LogP contribution is 2.30. The van der Waals surface area contributed by atoms with E-state index in [9.17, 15) is 9.59 Å². The van der Waals surface area contributed by atoms with Crippen LogP contribution in [0.1, 0.15) is 59.8 Å². The summed E-state index contributed by atoms with van der Waals surface area (Å²) in [6.45, 7) is 9.87. The maximum absolute atomic E-state index is 12.3. The van der Waals surface area contributed by atoms with Gasteiger partial charge in [-0.3, -0.25) is 9.59 Å². The average Bonchev–Trinajstić information content (AvgIpc) is 2.58. The van der Waals surface area contributed by atoms with E-state index < -0.39 is 0 Å². The minimum absolute atomic E-state index is 0.141. The number of nitrogens with one attached hydrogen (secondary N) is 1. The Morgan fingerprint density at radius 3 is 2.56 bits per heavy atom. The van der Waals surface area contributed by atoms with Crippen molar-refractivity contribution in [2.24, 2.45) is 11.8 Å². The second kappa shape index (κ2) is 13.9. The number of Topliss-reactive ketones (excluding diaryl/α,β-unsaturated/α-hetero) is 1. The predicted octanol–water partition coefficient (Wildman–Crippen LogP) is 3.40. The first-order valence-electron chi connectivity index (χ1n) is 9.75. The van der Waals surface area contributed by atoms with Gasteiger partial charge in [0.15, 0.2) is 5.78 Å². The highest BCUT2D eigenvalue weighted by Gasteiger charge is 2.29. The van der Waals surface area contributed by atoms with Crippen molar-refractivity contribution in [3.63, 3.8) is 0 Å². The number of carbonyl (C=O) groups excluding carboxylic acids is 2. The van der Waals surface area contributed by atoms with E-state index in [-0.39, 0.29) is 23.6 Å². The molecule has 146 valence electrons. The Balaban J connectivity index is 0.00000277. The first kappa shape index (κ1) is 23.6. The monoisotopic (exact) mass is 354 g/mol. The predicted molar refractivity (Wildman–Crippen MR) is 103 cm³/mol. The Morgan fingerprint density at radius 1 is 1.36 bits per heavy atom. The zero-order chi connectivity index (χ0) is 19.2. The fourth-order valence-corrected chi connectivity index (χ4v) is 3.02. The van der Waals surface area contributed by atoms with Crippen LogP contribution >= 0.6 is 0 Å². The molecule has 1 fully saturated rings. The van der Waals surface area contributed by atoms with Gasteiger partial charge in [-0.1, -0.05) is 20.8 Å². The molecular formula is C20H38N2O3. The zero-order valence-corrected chi connectivity index (χ0v) is 17.1. The molecule has 0 aromatic carbocycles. The Hall–Kier alpha value is -1.36. The minimum atomic E-state index is -0.154. The van der Waals surface area contributed by atoms with Gasteiger partial charge in [0.1, 0.15) is 0 Å². The van der Waals surface area contributed by atoms with Gasteiger partial charge in [-0.05, 0) is 45.1 Å². The van der Waals surface area contributed by atoms with Gasteiger partial charge in [-0.15, -0.1) is 0 Å². The number of ketones is 1. The third-order valence-corrected chi connectivity index (χ3v) is 4.12. The number of esters is 1. The topological polar surface area (TPSA) is 58.6 Å². The summed E-state index contributed by atoms with van der Waals surface area (Å²) >= 11 is 0. The average molecular weight is 355 g/mol. The fourth-order valence-electron chi connectivity index (χ4n) is 3.02. The van der Waals surface area contributed by atoms with E-state index in [1.807, 2.05) is 46.0 Å². The number of carbonyl (C=O) groups is 2. The third kappa shape index (κ3) is 9.63. The maximum Gasteiger partial charge on any atom is 0.310 e. The summed E-state index contributed by atoms with van der Waals surface area (Å²) in [6, 6.07) is 0. The van der Waals surface area contributed by atoms with Crippen molar-refractivity contribution in [1.29, 1.82) is 0 Å². The van der Waals surface area contributed by atoms with Gasteiger partial charge in [0.25, 0.3) is 0 Å². The Kier molecular flexibility index (Phi) is 13.1. The lowest BCUT2D eigenvalue weighted by molar-refractivity contribution is -0.148. The van der Waals surface area contributed by atoms with Crippen LogP contribution in [0.15, 0.2) is 11.8 Å². The van der Waals surface area contributed by atoms with Crippen LogP contribution in [-0.4, -0.2) is 50.4 Å². The Morgan fingerprint density at radius 2 is 2.04 bits per heavy atom. The molecule has 1 N–H and O–H groups in total. The van der Waals surface area contributed by atoms with Crippen LogP contribution in [0.5, 0.6) is 0 Å². The van der Waals surface area contributed by atoms with Gasteiger partial charge in [0.2, 0.25) is 0 Å². The molecule has 1 aliphatic rings. The van der Waals surface area contributed by atoms with Crippen LogP contribution in [0.3, 0.4) is 0 Å². The van der Waals surface area contributed by atoms with E-state index >= 15 is 0 Å². The van der Waals surface area contributed by atoms with E-state index in [4.69, 9.17) is 4.74 Å². The first-order valence-corrected chi connectivity index (χ1v) is 9.75. The summed E-state index contributed by atoms with van der Waals surface area (Å²) in [7, 11) is 3.87. The molecule has 0 spiro atoms. The summed E-state index contributed by atoms with van der Waals surface area (Å²) in [4.78, 5) is 26.3. The molecule has 2 atom stereocenters. The normalized spacial score (nSPS) is 19.8. The second-order valence-corrected chi connectivity index (χ2v) is 6.54. The van der Waals surface area contributed by atoms with E-state index in [1.165, 1.54) is 0 Å². The molecule has 1 unspecified atom stereocenters. The van der Waals surface area contributed by atoms with Crippen molar-refractivity contribution in [1.82, 2.24) is 10.2 Å². The highest BCUT2D eigenvalue weighted by atomic mass is 16.5. The standard InChI is InChI=1S/C18H32N2O3.C2H6/c1-5-9-19-12-16(18(22)23-6-2)10-14-7-8-15(13-20(3)4)17(21)11-14;1-2/h13-14,16,19H,5-12H2,1-4H3;1-2H3/b15-13+;/t14-,16?;/m1./s1. The molecule has 0 aliphatic heterocycles. The molecule has 0 aromatic heterocycles. The smallest absolute Gasteiger partial charge is 0.310 e. The SMILES string of the molecule is CC.CCCNCC(C[C@H]1CC/C(=C\N(C)C)C(=O)C1)C(=O)OCC. The van der Waals surface area contributed by atoms with Gasteiger partial charge in [-0.2, -0.15) is 0 Å². The summed E-state index contributed by atoms with van der Waals surface area (Å²) in [5, 5.41) is 3.31. The molecule has 25 heavy (non-hydrogen) atoms. The molecular weight excluding hydrogens is 316 g/mol. The van der Waals surface area contributed by atoms with Crippen LogP contribution in [0.25, 0.3) is 0 Å². The van der Waals surface area contributed by atoms with Crippen molar-refractivity contribution >= 4 is 11.8 Å². The molecule has 5 nitrogen and oxygen atoms in total. The largest absolute Gasteiger partial charge is 0.466 e. The second-order valence-electron chi connectivity index (χ2n) is 6.54. The first-order chi connectivity index (χ1) is 12.0. The number of allylic oxidation sites excluding steroid dienone is 1. The zero-order valence-electron chi connectivity index (χ0n) is 17.1. The molecule has 0 radical (unpaired) electrons. The molecule has 5 heteroatoms. The molecule has 0 aromatic rings. The number of hydrogen-bond acceptors (Lipinski definition) is 5. The van der Waals surface area contributed by atoms with E-state index in [1.54, 1.807) is 0 Å². The molecule has 1 rings (SSSR count). The minimum Gasteiger partial charge on any atom is -0.466 e. The van der Waals surface area contributed by atoms with Gasteiger partial charge in [0, 0.05) is 38.8 Å². The number of rotatable bonds is 9. The molecule has 0 saturated heterocycles. The summed E-state index contributed by atoms with van der Waals surface area (Å²) in [5.41, 5.74) is 0.906. The van der Waals surface area contributed by atoms with Crippen LogP contribution in [-0.2, 0) is 14.3 Å². The van der Waals surface area contributed by atoms with E-state index in [2.05, 4.69) is 12.2 Å². The quantitative estimate of drug-likeness (QED) is 0.391. The maximum atomic E-state index is 12.3.